The van der Waals surface area contributed by atoms with Crippen molar-refractivity contribution in [1.29, 1.82) is 0 Å². The summed E-state index contributed by atoms with van der Waals surface area (Å²) in [6, 6.07) is 2.11. The van der Waals surface area contributed by atoms with Crippen LogP contribution >= 0.6 is 11.6 Å². The largest absolute Gasteiger partial charge is 0.416 e. The molecule has 22 heavy (non-hydrogen) atoms. The minimum atomic E-state index is -4.63. The van der Waals surface area contributed by atoms with E-state index < -0.39 is 26.7 Å². The van der Waals surface area contributed by atoms with Gasteiger partial charge in [-0.15, -0.1) is 0 Å². The molecule has 1 aromatic rings. The van der Waals surface area contributed by atoms with E-state index in [2.05, 4.69) is 0 Å². The first-order chi connectivity index (χ1) is 10.0. The molecule has 2 rings (SSSR count). The summed E-state index contributed by atoms with van der Waals surface area (Å²) < 4.78 is 64.5. The van der Waals surface area contributed by atoms with Gasteiger partial charge >= 0.3 is 6.18 Å². The number of hydrogen-bond acceptors (Lipinski definition) is 3. The molecular weight excluding hydrogens is 341 g/mol. The Morgan fingerprint density at radius 1 is 1.41 bits per heavy atom. The van der Waals surface area contributed by atoms with Crippen molar-refractivity contribution in [2.24, 2.45) is 11.7 Å². The standard InChI is InChI=1S/C13H16ClF3N2O2S/c1-8(18)9-4-5-19(7-9)22(20,21)12-6-10(13(15,16)17)2-3-11(12)14/h2-3,6,8-9H,4-5,7,18H2,1H3. The van der Waals surface area contributed by atoms with Gasteiger partial charge in [-0.1, -0.05) is 11.6 Å². The number of nitrogens with zero attached hydrogens (tertiary/aromatic N) is 1. The Balaban J connectivity index is 2.38. The van der Waals surface area contributed by atoms with Crippen LogP contribution in [0.1, 0.15) is 18.9 Å². The fourth-order valence-electron chi connectivity index (χ4n) is 2.42. The van der Waals surface area contributed by atoms with Crippen molar-refractivity contribution >= 4 is 21.6 Å². The monoisotopic (exact) mass is 356 g/mol. The lowest BCUT2D eigenvalue weighted by molar-refractivity contribution is -0.137. The average molecular weight is 357 g/mol. The minimum Gasteiger partial charge on any atom is -0.328 e. The Morgan fingerprint density at radius 2 is 2.05 bits per heavy atom. The molecule has 0 aliphatic carbocycles. The van der Waals surface area contributed by atoms with Gasteiger partial charge in [-0.05, 0) is 37.5 Å². The molecule has 1 fully saturated rings. The van der Waals surface area contributed by atoms with Crippen LogP contribution in [0, 0.1) is 5.92 Å². The van der Waals surface area contributed by atoms with E-state index in [1.165, 1.54) is 0 Å². The quantitative estimate of drug-likeness (QED) is 0.905. The predicted molar refractivity (Wildman–Crippen MR) is 77.0 cm³/mol. The van der Waals surface area contributed by atoms with Gasteiger partial charge in [0.15, 0.2) is 0 Å². The molecule has 0 amide bonds. The van der Waals surface area contributed by atoms with Crippen LogP contribution in [0.25, 0.3) is 0 Å². The normalized spacial score (nSPS) is 22.0. The molecule has 0 bridgehead atoms. The summed E-state index contributed by atoms with van der Waals surface area (Å²) >= 11 is 5.81. The van der Waals surface area contributed by atoms with Gasteiger partial charge in [-0.2, -0.15) is 17.5 Å². The molecule has 1 aliphatic heterocycles. The van der Waals surface area contributed by atoms with Crippen molar-refractivity contribution in [1.82, 2.24) is 4.31 Å². The van der Waals surface area contributed by atoms with Crippen molar-refractivity contribution in [2.45, 2.75) is 30.5 Å². The van der Waals surface area contributed by atoms with Crippen LogP contribution in [0.5, 0.6) is 0 Å². The Bertz CT molecular complexity index is 662. The third-order valence-corrected chi connectivity index (χ3v) is 6.15. The highest BCUT2D eigenvalue weighted by Gasteiger charge is 2.37. The van der Waals surface area contributed by atoms with E-state index in [1.54, 1.807) is 6.92 Å². The van der Waals surface area contributed by atoms with Gasteiger partial charge in [-0.25, -0.2) is 8.42 Å². The highest BCUT2D eigenvalue weighted by Crippen LogP contribution is 2.35. The number of benzene rings is 1. The van der Waals surface area contributed by atoms with E-state index >= 15 is 0 Å². The first kappa shape index (κ1) is 17.5. The van der Waals surface area contributed by atoms with E-state index in [1.807, 2.05) is 0 Å². The number of hydrogen-bond donors (Lipinski definition) is 1. The van der Waals surface area contributed by atoms with Crippen molar-refractivity contribution in [3.8, 4) is 0 Å². The Kier molecular flexibility index (Phi) is 4.77. The summed E-state index contributed by atoms with van der Waals surface area (Å²) in [5.41, 5.74) is 4.71. The number of halogens is 4. The molecule has 0 spiro atoms. The number of nitrogens with two attached hydrogens (primary N) is 1. The molecular formula is C13H16ClF3N2O2S. The molecule has 2 N–H and O–H groups in total. The molecule has 4 nitrogen and oxygen atoms in total. The van der Waals surface area contributed by atoms with E-state index in [-0.39, 0.29) is 30.1 Å². The topological polar surface area (TPSA) is 63.4 Å². The van der Waals surface area contributed by atoms with Crippen molar-refractivity contribution in [3.63, 3.8) is 0 Å². The Labute approximate surface area is 132 Å². The smallest absolute Gasteiger partial charge is 0.328 e. The highest BCUT2D eigenvalue weighted by molar-refractivity contribution is 7.89. The molecule has 2 unspecified atom stereocenters. The van der Waals surface area contributed by atoms with Crippen LogP contribution in [0.4, 0.5) is 13.2 Å². The fourth-order valence-corrected chi connectivity index (χ4v) is 4.43. The van der Waals surface area contributed by atoms with Gasteiger partial charge in [0, 0.05) is 19.1 Å². The maximum Gasteiger partial charge on any atom is 0.416 e. The van der Waals surface area contributed by atoms with Gasteiger partial charge in [0.2, 0.25) is 10.0 Å². The lowest BCUT2D eigenvalue weighted by atomic mass is 10.0. The molecule has 0 radical (unpaired) electrons. The third kappa shape index (κ3) is 3.40. The van der Waals surface area contributed by atoms with E-state index in [9.17, 15) is 21.6 Å². The minimum absolute atomic E-state index is 0.0145. The van der Waals surface area contributed by atoms with E-state index in [4.69, 9.17) is 17.3 Å². The number of sulfonamides is 1. The fraction of sp³-hybridized carbons (Fsp3) is 0.538. The summed E-state index contributed by atoms with van der Waals surface area (Å²) in [5.74, 6) is -0.0145. The molecule has 2 atom stereocenters. The highest BCUT2D eigenvalue weighted by atomic mass is 35.5. The van der Waals surface area contributed by atoms with Crippen LogP contribution in [-0.4, -0.2) is 31.9 Å². The first-order valence-corrected chi connectivity index (χ1v) is 8.47. The first-order valence-electron chi connectivity index (χ1n) is 6.66. The second-order valence-corrected chi connectivity index (χ2v) is 7.73. The molecule has 9 heteroatoms. The van der Waals surface area contributed by atoms with Gasteiger partial charge < -0.3 is 5.73 Å². The Morgan fingerprint density at radius 3 is 2.55 bits per heavy atom. The van der Waals surface area contributed by atoms with Crippen LogP contribution in [0.2, 0.25) is 5.02 Å². The van der Waals surface area contributed by atoms with Gasteiger partial charge in [0.05, 0.1) is 10.6 Å². The molecule has 1 aliphatic rings. The summed E-state index contributed by atoms with van der Waals surface area (Å²) in [6.45, 7) is 2.19. The second-order valence-electron chi connectivity index (χ2n) is 5.41. The van der Waals surface area contributed by atoms with Crippen molar-refractivity contribution in [3.05, 3.63) is 28.8 Å². The Hall–Kier alpha value is -0.830. The summed E-state index contributed by atoms with van der Waals surface area (Å²) in [5, 5.41) is -0.225. The number of rotatable bonds is 3. The van der Waals surface area contributed by atoms with Crippen LogP contribution in [-0.2, 0) is 16.2 Å². The molecule has 0 saturated carbocycles. The lowest BCUT2D eigenvalue weighted by Crippen LogP contribution is -2.33. The molecule has 1 aromatic carbocycles. The maximum absolute atomic E-state index is 12.8. The van der Waals surface area contributed by atoms with Crippen LogP contribution < -0.4 is 5.73 Å². The molecule has 1 saturated heterocycles. The third-order valence-electron chi connectivity index (χ3n) is 3.81. The van der Waals surface area contributed by atoms with Crippen molar-refractivity contribution < 1.29 is 21.6 Å². The summed E-state index contributed by atoms with van der Waals surface area (Å²) in [7, 11) is -4.07. The summed E-state index contributed by atoms with van der Waals surface area (Å²) in [4.78, 5) is -0.519. The second kappa shape index (κ2) is 5.99. The van der Waals surface area contributed by atoms with Gasteiger partial charge in [0.1, 0.15) is 4.90 Å². The van der Waals surface area contributed by atoms with Crippen molar-refractivity contribution in [2.75, 3.05) is 13.1 Å². The van der Waals surface area contributed by atoms with Crippen LogP contribution in [0.3, 0.4) is 0 Å². The summed E-state index contributed by atoms with van der Waals surface area (Å²) in [6.07, 6.45) is -4.05. The lowest BCUT2D eigenvalue weighted by Gasteiger charge is -2.19. The molecule has 124 valence electrons. The predicted octanol–water partition coefficient (Wildman–Crippen LogP) is 2.72. The van der Waals surface area contributed by atoms with Gasteiger partial charge in [0.25, 0.3) is 0 Å². The molecule has 0 aromatic heterocycles. The zero-order valence-electron chi connectivity index (χ0n) is 11.8. The SMILES string of the molecule is CC(N)C1CCN(S(=O)(=O)c2cc(C(F)(F)F)ccc2Cl)C1. The van der Waals surface area contributed by atoms with Gasteiger partial charge in [-0.3, -0.25) is 0 Å². The van der Waals surface area contributed by atoms with E-state index in [0.29, 0.717) is 12.5 Å². The zero-order valence-corrected chi connectivity index (χ0v) is 13.3. The van der Waals surface area contributed by atoms with E-state index in [0.717, 1.165) is 16.4 Å². The average Bonchev–Trinajstić information content (AvgIpc) is 2.87. The number of alkyl halides is 3. The molecule has 1 heterocycles. The van der Waals surface area contributed by atoms with Crippen LogP contribution in [0.15, 0.2) is 23.1 Å². The maximum atomic E-state index is 12.8. The zero-order chi connectivity index (χ0) is 16.7.